The van der Waals surface area contributed by atoms with Crippen LogP contribution in [0, 0.1) is 19.8 Å². The summed E-state index contributed by atoms with van der Waals surface area (Å²) in [6.45, 7) is 9.50. The topological polar surface area (TPSA) is 36.1 Å². The number of H-pyrrole nitrogens is 1. The molecule has 1 aliphatic heterocycles. The van der Waals surface area contributed by atoms with Gasteiger partial charge < -0.3 is 9.88 Å². The summed E-state index contributed by atoms with van der Waals surface area (Å²) in [5, 5.41) is 1.16. The lowest BCUT2D eigenvalue weighted by Gasteiger charge is -2.36. The largest absolute Gasteiger partial charge is 0.358 e. The van der Waals surface area contributed by atoms with Gasteiger partial charge in [0, 0.05) is 34.7 Å². The minimum absolute atomic E-state index is 0.176. The van der Waals surface area contributed by atoms with Crippen molar-refractivity contribution in [2.24, 2.45) is 5.92 Å². The number of hydrogen-bond acceptors (Lipinski definition) is 1. The number of fused-ring (bicyclic) bond motifs is 1. The molecule has 2 heterocycles. The molecule has 0 radical (unpaired) electrons. The monoisotopic (exact) mass is 284 g/mol. The Balaban J connectivity index is 1.92. The number of amides is 1. The van der Waals surface area contributed by atoms with Crippen LogP contribution in [-0.4, -0.2) is 28.4 Å². The molecule has 0 saturated carbocycles. The normalized spacial score (nSPS) is 22.8. The van der Waals surface area contributed by atoms with Gasteiger partial charge >= 0.3 is 0 Å². The fraction of sp³-hybridized carbons (Fsp3) is 0.500. The van der Waals surface area contributed by atoms with Crippen LogP contribution in [-0.2, 0) is 0 Å². The SMILES string of the molecule is Cc1[nH]c2ccc(C(=O)N3CCC(C)CC3C)cc2c1C. The Kier molecular flexibility index (Phi) is 3.52. The highest BCUT2D eigenvalue weighted by Crippen LogP contribution is 2.26. The third-order valence-electron chi connectivity index (χ3n) is 4.95. The number of benzene rings is 1. The molecule has 0 bridgehead atoms. The second-order valence-corrected chi connectivity index (χ2v) is 6.61. The zero-order chi connectivity index (χ0) is 15.1. The van der Waals surface area contributed by atoms with Crippen molar-refractivity contribution in [1.82, 2.24) is 9.88 Å². The van der Waals surface area contributed by atoms with E-state index in [0.29, 0.717) is 6.04 Å². The number of carbonyl (C=O) groups is 1. The molecule has 1 N–H and O–H groups in total. The second-order valence-electron chi connectivity index (χ2n) is 6.61. The number of carbonyl (C=O) groups excluding carboxylic acids is 1. The van der Waals surface area contributed by atoms with E-state index in [4.69, 9.17) is 0 Å². The van der Waals surface area contributed by atoms with Gasteiger partial charge in [-0.3, -0.25) is 4.79 Å². The van der Waals surface area contributed by atoms with Crippen LogP contribution in [0.4, 0.5) is 0 Å². The third kappa shape index (κ3) is 2.45. The molecule has 112 valence electrons. The van der Waals surface area contributed by atoms with Crippen molar-refractivity contribution in [3.63, 3.8) is 0 Å². The van der Waals surface area contributed by atoms with E-state index in [-0.39, 0.29) is 5.91 Å². The first kappa shape index (κ1) is 14.2. The van der Waals surface area contributed by atoms with Gasteiger partial charge in [-0.15, -0.1) is 0 Å². The molecule has 0 spiro atoms. The first-order valence-corrected chi connectivity index (χ1v) is 7.87. The van der Waals surface area contributed by atoms with Crippen molar-refractivity contribution >= 4 is 16.8 Å². The van der Waals surface area contributed by atoms with Gasteiger partial charge in [-0.1, -0.05) is 6.92 Å². The standard InChI is InChI=1S/C18H24N2O/c1-11-7-8-20(12(2)9-11)18(21)15-5-6-17-16(10-15)13(3)14(4)19-17/h5-6,10-12,19H,7-9H2,1-4H3. The maximum absolute atomic E-state index is 12.8. The zero-order valence-corrected chi connectivity index (χ0v) is 13.4. The first-order valence-electron chi connectivity index (χ1n) is 7.87. The van der Waals surface area contributed by atoms with Gasteiger partial charge in [-0.25, -0.2) is 0 Å². The molecule has 1 amide bonds. The van der Waals surface area contributed by atoms with E-state index in [1.807, 2.05) is 23.1 Å². The number of aryl methyl sites for hydroxylation is 2. The van der Waals surface area contributed by atoms with E-state index in [0.717, 1.165) is 41.8 Å². The van der Waals surface area contributed by atoms with E-state index in [1.54, 1.807) is 0 Å². The van der Waals surface area contributed by atoms with E-state index in [1.165, 1.54) is 11.3 Å². The summed E-state index contributed by atoms with van der Waals surface area (Å²) in [5.74, 6) is 0.899. The van der Waals surface area contributed by atoms with E-state index in [9.17, 15) is 4.79 Å². The summed E-state index contributed by atoms with van der Waals surface area (Å²) in [5.41, 5.74) is 4.34. The average molecular weight is 284 g/mol. The van der Waals surface area contributed by atoms with Crippen LogP contribution in [0.3, 0.4) is 0 Å². The molecule has 1 aromatic carbocycles. The van der Waals surface area contributed by atoms with E-state index >= 15 is 0 Å². The Hall–Kier alpha value is -1.77. The molecule has 1 fully saturated rings. The molecule has 2 aromatic rings. The van der Waals surface area contributed by atoms with Crippen molar-refractivity contribution in [3.05, 3.63) is 35.0 Å². The lowest BCUT2D eigenvalue weighted by molar-refractivity contribution is 0.0589. The van der Waals surface area contributed by atoms with Crippen LogP contribution < -0.4 is 0 Å². The maximum Gasteiger partial charge on any atom is 0.254 e. The summed E-state index contributed by atoms with van der Waals surface area (Å²) in [6.07, 6.45) is 2.22. The number of hydrogen-bond donors (Lipinski definition) is 1. The molecule has 1 aromatic heterocycles. The highest BCUT2D eigenvalue weighted by molar-refractivity contribution is 5.99. The van der Waals surface area contributed by atoms with Crippen molar-refractivity contribution < 1.29 is 4.79 Å². The summed E-state index contributed by atoms with van der Waals surface area (Å²) in [7, 11) is 0. The molecule has 21 heavy (non-hydrogen) atoms. The fourth-order valence-electron chi connectivity index (χ4n) is 3.47. The number of nitrogens with zero attached hydrogens (tertiary/aromatic N) is 1. The Morgan fingerprint density at radius 3 is 2.76 bits per heavy atom. The van der Waals surface area contributed by atoms with Crippen molar-refractivity contribution in [2.45, 2.75) is 46.6 Å². The fourth-order valence-corrected chi connectivity index (χ4v) is 3.47. The molecule has 3 rings (SSSR count). The average Bonchev–Trinajstić information content (AvgIpc) is 2.73. The summed E-state index contributed by atoms with van der Waals surface area (Å²) >= 11 is 0. The van der Waals surface area contributed by atoms with Crippen LogP contribution in [0.25, 0.3) is 10.9 Å². The predicted molar refractivity (Wildman–Crippen MR) is 86.7 cm³/mol. The number of nitrogens with one attached hydrogen (secondary N) is 1. The lowest BCUT2D eigenvalue weighted by Crippen LogP contribution is -2.44. The van der Waals surface area contributed by atoms with Gasteiger partial charge in [0.05, 0.1) is 0 Å². The second kappa shape index (κ2) is 5.21. The Morgan fingerprint density at radius 2 is 2.05 bits per heavy atom. The van der Waals surface area contributed by atoms with Gasteiger partial charge in [0.25, 0.3) is 5.91 Å². The quantitative estimate of drug-likeness (QED) is 0.842. The first-order chi connectivity index (χ1) is 9.97. The van der Waals surface area contributed by atoms with Crippen LogP contribution in [0.15, 0.2) is 18.2 Å². The molecule has 0 aliphatic carbocycles. The molecular formula is C18H24N2O. The summed E-state index contributed by atoms with van der Waals surface area (Å²) in [4.78, 5) is 18.2. The van der Waals surface area contributed by atoms with Gasteiger partial charge in [0.2, 0.25) is 0 Å². The molecule has 3 heteroatoms. The van der Waals surface area contributed by atoms with Crippen molar-refractivity contribution in [1.29, 1.82) is 0 Å². The number of rotatable bonds is 1. The van der Waals surface area contributed by atoms with Gasteiger partial charge in [0.15, 0.2) is 0 Å². The van der Waals surface area contributed by atoms with Gasteiger partial charge in [-0.2, -0.15) is 0 Å². The number of piperidine rings is 1. The molecule has 1 aliphatic rings. The van der Waals surface area contributed by atoms with E-state index < -0.39 is 0 Å². The summed E-state index contributed by atoms with van der Waals surface area (Å²) in [6, 6.07) is 6.36. The molecule has 2 atom stereocenters. The lowest BCUT2D eigenvalue weighted by atomic mass is 9.92. The summed E-state index contributed by atoms with van der Waals surface area (Å²) < 4.78 is 0. The van der Waals surface area contributed by atoms with Gasteiger partial charge in [0.1, 0.15) is 0 Å². The molecule has 2 unspecified atom stereocenters. The smallest absolute Gasteiger partial charge is 0.254 e. The van der Waals surface area contributed by atoms with Gasteiger partial charge in [-0.05, 0) is 63.3 Å². The van der Waals surface area contributed by atoms with Crippen molar-refractivity contribution in [2.75, 3.05) is 6.54 Å². The molecule has 3 nitrogen and oxygen atoms in total. The van der Waals surface area contributed by atoms with Crippen LogP contribution in [0.1, 0.15) is 48.3 Å². The Bertz CT molecular complexity index is 686. The minimum atomic E-state index is 0.176. The minimum Gasteiger partial charge on any atom is -0.358 e. The number of aromatic amines is 1. The van der Waals surface area contributed by atoms with Crippen molar-refractivity contribution in [3.8, 4) is 0 Å². The predicted octanol–water partition coefficient (Wildman–Crippen LogP) is 4.05. The third-order valence-corrected chi connectivity index (χ3v) is 4.95. The molecule has 1 saturated heterocycles. The number of aromatic nitrogens is 1. The molecular weight excluding hydrogens is 260 g/mol. The Labute approximate surface area is 126 Å². The van der Waals surface area contributed by atoms with Crippen LogP contribution in [0.5, 0.6) is 0 Å². The Morgan fingerprint density at radius 1 is 1.29 bits per heavy atom. The van der Waals surface area contributed by atoms with Crippen LogP contribution >= 0.6 is 0 Å². The highest BCUT2D eigenvalue weighted by Gasteiger charge is 2.27. The maximum atomic E-state index is 12.8. The number of likely N-dealkylation sites (tertiary alicyclic amines) is 1. The van der Waals surface area contributed by atoms with Crippen LogP contribution in [0.2, 0.25) is 0 Å². The van der Waals surface area contributed by atoms with E-state index in [2.05, 4.69) is 32.7 Å². The highest BCUT2D eigenvalue weighted by atomic mass is 16.2. The zero-order valence-electron chi connectivity index (χ0n) is 13.4.